The molecule has 7 heteroatoms. The van der Waals surface area contributed by atoms with Gasteiger partial charge in [0.2, 0.25) is 5.95 Å². The van der Waals surface area contributed by atoms with Gasteiger partial charge in [0.25, 0.3) is 5.91 Å². The Bertz CT molecular complexity index is 659. The first-order chi connectivity index (χ1) is 10.1. The molecule has 1 amide bonds. The van der Waals surface area contributed by atoms with Gasteiger partial charge in [-0.25, -0.2) is 14.8 Å². The summed E-state index contributed by atoms with van der Waals surface area (Å²) in [7, 11) is 0. The van der Waals surface area contributed by atoms with Crippen molar-refractivity contribution in [3.63, 3.8) is 0 Å². The van der Waals surface area contributed by atoms with Gasteiger partial charge in [-0.2, -0.15) is 0 Å². The molecule has 2 rings (SSSR count). The van der Waals surface area contributed by atoms with E-state index in [4.69, 9.17) is 9.84 Å². The molecule has 0 aliphatic carbocycles. The number of carboxylic acid groups (broad SMARTS) is 1. The number of nitrogens with one attached hydrogen (secondary N) is 1. The Hall–Kier alpha value is -2.96. The number of aromatic nitrogens is 2. The van der Waals surface area contributed by atoms with E-state index in [2.05, 4.69) is 15.3 Å². The Balaban J connectivity index is 1.99. The molecule has 0 saturated carbocycles. The van der Waals surface area contributed by atoms with Crippen molar-refractivity contribution in [2.75, 3.05) is 11.9 Å². The lowest BCUT2D eigenvalue weighted by atomic mass is 10.1. The summed E-state index contributed by atoms with van der Waals surface area (Å²) in [4.78, 5) is 30.4. The van der Waals surface area contributed by atoms with Crippen molar-refractivity contribution in [2.45, 2.75) is 6.92 Å². The fourth-order valence-electron chi connectivity index (χ4n) is 1.67. The Kier molecular flexibility index (Phi) is 4.45. The van der Waals surface area contributed by atoms with E-state index in [0.717, 1.165) is 0 Å². The molecule has 0 spiro atoms. The van der Waals surface area contributed by atoms with E-state index in [-0.39, 0.29) is 18.1 Å². The summed E-state index contributed by atoms with van der Waals surface area (Å²) >= 11 is 0. The lowest BCUT2D eigenvalue weighted by molar-refractivity contribution is -0.118. The van der Waals surface area contributed by atoms with E-state index in [0.29, 0.717) is 11.3 Å². The molecular formula is C14H13N3O4. The average Bonchev–Trinajstić information content (AvgIpc) is 2.47. The summed E-state index contributed by atoms with van der Waals surface area (Å²) in [6.07, 6.45) is 3.01. The van der Waals surface area contributed by atoms with Gasteiger partial charge < -0.3 is 9.84 Å². The van der Waals surface area contributed by atoms with E-state index in [1.807, 2.05) is 0 Å². The van der Waals surface area contributed by atoms with Gasteiger partial charge in [0.05, 0.1) is 5.56 Å². The normalized spacial score (nSPS) is 9.95. The topological polar surface area (TPSA) is 101 Å². The van der Waals surface area contributed by atoms with Crippen molar-refractivity contribution in [1.29, 1.82) is 0 Å². The molecular weight excluding hydrogens is 274 g/mol. The molecule has 108 valence electrons. The molecule has 2 aromatic rings. The molecule has 1 aromatic heterocycles. The molecule has 0 aliphatic heterocycles. The number of benzene rings is 1. The summed E-state index contributed by atoms with van der Waals surface area (Å²) in [5.41, 5.74) is 0.605. The summed E-state index contributed by atoms with van der Waals surface area (Å²) in [6.45, 7) is 1.36. The smallest absolute Gasteiger partial charge is 0.336 e. The van der Waals surface area contributed by atoms with Crippen LogP contribution in [-0.2, 0) is 4.79 Å². The lowest BCUT2D eigenvalue weighted by Gasteiger charge is -2.10. The van der Waals surface area contributed by atoms with Crippen LogP contribution in [0.5, 0.6) is 5.75 Å². The number of amides is 1. The Labute approximate surface area is 120 Å². The fraction of sp³-hybridized carbons (Fsp3) is 0.143. The third-order valence-electron chi connectivity index (χ3n) is 2.69. The third kappa shape index (κ3) is 3.75. The predicted octanol–water partition coefficient (Wildman–Crippen LogP) is 1.50. The van der Waals surface area contributed by atoms with Crippen molar-refractivity contribution >= 4 is 17.8 Å². The highest BCUT2D eigenvalue weighted by atomic mass is 16.5. The van der Waals surface area contributed by atoms with Crippen molar-refractivity contribution in [3.8, 4) is 5.75 Å². The van der Waals surface area contributed by atoms with E-state index >= 15 is 0 Å². The quantitative estimate of drug-likeness (QED) is 0.864. The number of carbonyl (C=O) groups excluding carboxylic acids is 1. The van der Waals surface area contributed by atoms with Gasteiger partial charge in [-0.1, -0.05) is 6.07 Å². The van der Waals surface area contributed by atoms with Gasteiger partial charge in [-0.05, 0) is 25.1 Å². The zero-order valence-corrected chi connectivity index (χ0v) is 11.2. The number of carbonyl (C=O) groups is 2. The molecule has 21 heavy (non-hydrogen) atoms. The molecule has 7 nitrogen and oxygen atoms in total. The van der Waals surface area contributed by atoms with Crippen LogP contribution in [-0.4, -0.2) is 33.6 Å². The van der Waals surface area contributed by atoms with E-state index in [1.54, 1.807) is 25.1 Å². The second-order valence-corrected chi connectivity index (χ2v) is 4.14. The minimum atomic E-state index is -1.04. The zero-order valence-electron chi connectivity index (χ0n) is 11.2. The van der Waals surface area contributed by atoms with Crippen LogP contribution in [0, 0.1) is 6.92 Å². The number of nitrogens with zero attached hydrogens (tertiary/aromatic N) is 2. The van der Waals surface area contributed by atoms with Gasteiger partial charge in [0, 0.05) is 18.0 Å². The van der Waals surface area contributed by atoms with E-state index in [9.17, 15) is 9.59 Å². The second-order valence-electron chi connectivity index (χ2n) is 4.14. The molecule has 0 saturated heterocycles. The second kappa shape index (κ2) is 6.47. The molecule has 1 heterocycles. The number of hydrogen-bond acceptors (Lipinski definition) is 5. The van der Waals surface area contributed by atoms with Crippen LogP contribution < -0.4 is 10.1 Å². The number of ether oxygens (including phenoxy) is 1. The van der Waals surface area contributed by atoms with Crippen LogP contribution in [0.4, 0.5) is 5.95 Å². The molecule has 0 unspecified atom stereocenters. The minimum absolute atomic E-state index is 0.138. The molecule has 0 fully saturated rings. The third-order valence-corrected chi connectivity index (χ3v) is 2.69. The highest BCUT2D eigenvalue weighted by Gasteiger charge is 2.12. The van der Waals surface area contributed by atoms with Crippen molar-refractivity contribution in [3.05, 3.63) is 47.8 Å². The standard InChI is InChI=1S/C14H13N3O4/c1-9-10(13(19)20)4-2-5-11(9)21-8-12(18)17-14-15-6-3-7-16-14/h2-7H,8H2,1H3,(H,19,20)(H,15,16,17,18). The maximum atomic E-state index is 11.7. The van der Waals surface area contributed by atoms with Crippen LogP contribution >= 0.6 is 0 Å². The summed E-state index contributed by atoms with van der Waals surface area (Å²) in [6, 6.07) is 6.27. The predicted molar refractivity (Wildman–Crippen MR) is 74.3 cm³/mol. The van der Waals surface area contributed by atoms with Crippen LogP contribution in [0.25, 0.3) is 0 Å². The summed E-state index contributed by atoms with van der Waals surface area (Å²) in [5, 5.41) is 11.5. The Morgan fingerprint density at radius 1 is 1.24 bits per heavy atom. The zero-order chi connectivity index (χ0) is 15.2. The number of hydrogen-bond donors (Lipinski definition) is 2. The van der Waals surface area contributed by atoms with Crippen LogP contribution in [0.15, 0.2) is 36.7 Å². The molecule has 2 N–H and O–H groups in total. The van der Waals surface area contributed by atoms with Crippen molar-refractivity contribution < 1.29 is 19.4 Å². The SMILES string of the molecule is Cc1c(OCC(=O)Nc2ncccn2)cccc1C(=O)O. The van der Waals surface area contributed by atoms with Crippen LogP contribution in [0.2, 0.25) is 0 Å². The average molecular weight is 287 g/mol. The van der Waals surface area contributed by atoms with E-state index in [1.165, 1.54) is 18.5 Å². The summed E-state index contributed by atoms with van der Waals surface area (Å²) in [5.74, 6) is -0.942. The minimum Gasteiger partial charge on any atom is -0.483 e. The highest BCUT2D eigenvalue weighted by molar-refractivity contribution is 5.91. The van der Waals surface area contributed by atoms with Crippen molar-refractivity contribution in [1.82, 2.24) is 9.97 Å². The first-order valence-electron chi connectivity index (χ1n) is 6.10. The maximum absolute atomic E-state index is 11.7. The number of aromatic carboxylic acids is 1. The highest BCUT2D eigenvalue weighted by Crippen LogP contribution is 2.21. The van der Waals surface area contributed by atoms with Gasteiger partial charge in [-0.15, -0.1) is 0 Å². The first-order valence-corrected chi connectivity index (χ1v) is 6.10. The van der Waals surface area contributed by atoms with Crippen molar-refractivity contribution in [2.24, 2.45) is 0 Å². The monoisotopic (exact) mass is 287 g/mol. The molecule has 0 aliphatic rings. The van der Waals surface area contributed by atoms with Gasteiger partial charge in [-0.3, -0.25) is 10.1 Å². The molecule has 1 aromatic carbocycles. The van der Waals surface area contributed by atoms with Crippen LogP contribution in [0.3, 0.4) is 0 Å². The number of carboxylic acids is 1. The molecule has 0 radical (unpaired) electrons. The maximum Gasteiger partial charge on any atom is 0.336 e. The Morgan fingerprint density at radius 2 is 1.95 bits per heavy atom. The van der Waals surface area contributed by atoms with Crippen LogP contribution in [0.1, 0.15) is 15.9 Å². The molecule has 0 atom stereocenters. The largest absolute Gasteiger partial charge is 0.483 e. The van der Waals surface area contributed by atoms with Gasteiger partial charge in [0.1, 0.15) is 5.75 Å². The van der Waals surface area contributed by atoms with Gasteiger partial charge >= 0.3 is 5.97 Å². The number of anilines is 1. The lowest BCUT2D eigenvalue weighted by Crippen LogP contribution is -2.21. The Morgan fingerprint density at radius 3 is 2.62 bits per heavy atom. The molecule has 0 bridgehead atoms. The first kappa shape index (κ1) is 14.4. The van der Waals surface area contributed by atoms with Gasteiger partial charge in [0.15, 0.2) is 6.61 Å². The summed E-state index contributed by atoms with van der Waals surface area (Å²) < 4.78 is 5.33. The fourth-order valence-corrected chi connectivity index (χ4v) is 1.67. The number of rotatable bonds is 5. The van der Waals surface area contributed by atoms with E-state index < -0.39 is 11.9 Å².